The molecule has 5 atom stereocenters. The van der Waals surface area contributed by atoms with Crippen molar-refractivity contribution in [3.8, 4) is 0 Å². The monoisotopic (exact) mass is 292 g/mol. The van der Waals surface area contributed by atoms with E-state index in [9.17, 15) is 19.2 Å². The number of fused-ring (bicyclic) bond motifs is 5. The number of aliphatic carboxylic acids is 1. The molecule has 1 saturated carbocycles. The Labute approximate surface area is 121 Å². The minimum absolute atomic E-state index is 0.0933. The number of hydrogen-bond acceptors (Lipinski definition) is 4. The highest BCUT2D eigenvalue weighted by Gasteiger charge is 2.60. The van der Waals surface area contributed by atoms with Gasteiger partial charge in [-0.2, -0.15) is 0 Å². The molecular weight excluding hydrogens is 276 g/mol. The fourth-order valence-electron chi connectivity index (χ4n) is 3.73. The first-order valence-electron chi connectivity index (χ1n) is 6.96. The van der Waals surface area contributed by atoms with Gasteiger partial charge < -0.3 is 10.4 Å². The van der Waals surface area contributed by atoms with Crippen LogP contribution in [0.25, 0.3) is 0 Å². The van der Waals surface area contributed by atoms with Crippen LogP contribution in [0.15, 0.2) is 12.2 Å². The topological polar surface area (TPSA) is 104 Å². The molecule has 3 aliphatic rings. The van der Waals surface area contributed by atoms with Crippen molar-refractivity contribution in [2.75, 3.05) is 6.54 Å². The molecule has 3 rings (SSSR count). The van der Waals surface area contributed by atoms with E-state index in [1.165, 1.54) is 6.92 Å². The SMILES string of the molecule is CC(C(=O)NCC(=O)O)N1C(=O)C2C3C=CC(C3)C2C1=O. The smallest absolute Gasteiger partial charge is 0.322 e. The Morgan fingerprint density at radius 3 is 2.29 bits per heavy atom. The zero-order valence-corrected chi connectivity index (χ0v) is 11.5. The molecule has 2 fully saturated rings. The third-order valence-corrected chi connectivity index (χ3v) is 4.69. The summed E-state index contributed by atoms with van der Waals surface area (Å²) in [5.41, 5.74) is 0. The second-order valence-electron chi connectivity index (χ2n) is 5.83. The van der Waals surface area contributed by atoms with Crippen molar-refractivity contribution in [1.29, 1.82) is 0 Å². The number of carbonyl (C=O) groups excluding carboxylic acids is 3. The fourth-order valence-corrected chi connectivity index (χ4v) is 3.73. The average Bonchev–Trinajstić information content (AvgIpc) is 3.09. The average molecular weight is 292 g/mol. The van der Waals surface area contributed by atoms with Crippen LogP contribution < -0.4 is 5.32 Å². The predicted molar refractivity (Wildman–Crippen MR) is 69.7 cm³/mol. The molecule has 1 saturated heterocycles. The molecule has 0 spiro atoms. The summed E-state index contributed by atoms with van der Waals surface area (Å²) in [6, 6.07) is -0.977. The van der Waals surface area contributed by atoms with Crippen LogP contribution >= 0.6 is 0 Å². The highest BCUT2D eigenvalue weighted by molar-refractivity contribution is 6.09. The van der Waals surface area contributed by atoms with Crippen molar-refractivity contribution in [1.82, 2.24) is 10.2 Å². The number of carbonyl (C=O) groups is 4. The largest absolute Gasteiger partial charge is 0.480 e. The summed E-state index contributed by atoms with van der Waals surface area (Å²) in [5, 5.41) is 10.8. The van der Waals surface area contributed by atoms with Crippen LogP contribution in [0.4, 0.5) is 0 Å². The normalized spacial score (nSPS) is 34.2. The quantitative estimate of drug-likeness (QED) is 0.531. The number of nitrogens with one attached hydrogen (secondary N) is 1. The molecule has 112 valence electrons. The van der Waals surface area contributed by atoms with E-state index in [-0.39, 0.29) is 35.5 Å². The number of carboxylic acids is 1. The summed E-state index contributed by atoms with van der Waals surface area (Å²) in [5.74, 6) is -2.91. The van der Waals surface area contributed by atoms with Crippen molar-refractivity contribution in [3.05, 3.63) is 12.2 Å². The van der Waals surface area contributed by atoms with Crippen molar-refractivity contribution in [3.63, 3.8) is 0 Å². The summed E-state index contributed by atoms with van der Waals surface area (Å²) >= 11 is 0. The van der Waals surface area contributed by atoms with Gasteiger partial charge >= 0.3 is 5.97 Å². The van der Waals surface area contributed by atoms with Gasteiger partial charge in [-0.25, -0.2) is 0 Å². The van der Waals surface area contributed by atoms with Gasteiger partial charge in [0, 0.05) is 0 Å². The molecule has 3 amide bonds. The standard InChI is InChI=1S/C14H16N2O5/c1-6(12(19)15-5-9(17)18)16-13(20)10-7-2-3-8(4-7)11(10)14(16)21/h2-3,6-8,10-11H,4-5H2,1H3,(H,15,19)(H,17,18). The van der Waals surface area contributed by atoms with Gasteiger partial charge in [-0.3, -0.25) is 24.1 Å². The summed E-state index contributed by atoms with van der Waals surface area (Å²) in [6.45, 7) is 0.919. The van der Waals surface area contributed by atoms with Crippen LogP contribution in [0.2, 0.25) is 0 Å². The Morgan fingerprint density at radius 1 is 1.29 bits per heavy atom. The lowest BCUT2D eigenvalue weighted by Crippen LogP contribution is -2.49. The van der Waals surface area contributed by atoms with E-state index in [1.54, 1.807) is 0 Å². The summed E-state index contributed by atoms with van der Waals surface area (Å²) in [7, 11) is 0. The molecule has 21 heavy (non-hydrogen) atoms. The van der Waals surface area contributed by atoms with Gasteiger partial charge in [0.2, 0.25) is 17.7 Å². The zero-order valence-electron chi connectivity index (χ0n) is 11.5. The van der Waals surface area contributed by atoms with Crippen molar-refractivity contribution < 1.29 is 24.3 Å². The van der Waals surface area contributed by atoms with Gasteiger partial charge in [-0.1, -0.05) is 12.2 Å². The second kappa shape index (κ2) is 4.68. The van der Waals surface area contributed by atoms with Gasteiger partial charge in [-0.05, 0) is 25.2 Å². The van der Waals surface area contributed by atoms with E-state index in [0.717, 1.165) is 11.3 Å². The Hall–Kier alpha value is -2.18. The Morgan fingerprint density at radius 2 is 1.81 bits per heavy atom. The minimum atomic E-state index is -1.17. The molecule has 7 nitrogen and oxygen atoms in total. The molecule has 7 heteroatoms. The van der Waals surface area contributed by atoms with Crippen molar-refractivity contribution >= 4 is 23.7 Å². The summed E-state index contributed by atoms with van der Waals surface area (Å²) < 4.78 is 0. The van der Waals surface area contributed by atoms with Gasteiger partial charge in [-0.15, -0.1) is 0 Å². The molecule has 0 aromatic carbocycles. The third-order valence-electron chi connectivity index (χ3n) is 4.69. The van der Waals surface area contributed by atoms with Crippen LogP contribution in [0.5, 0.6) is 0 Å². The number of allylic oxidation sites excluding steroid dienone is 2. The lowest BCUT2D eigenvalue weighted by molar-refractivity contribution is -0.148. The molecule has 2 bridgehead atoms. The Bertz CT molecular complexity index is 540. The molecule has 0 radical (unpaired) electrons. The maximum absolute atomic E-state index is 12.4. The minimum Gasteiger partial charge on any atom is -0.480 e. The van der Waals surface area contributed by atoms with Gasteiger partial charge in [0.25, 0.3) is 0 Å². The maximum atomic E-state index is 12.4. The number of nitrogens with zero attached hydrogens (tertiary/aromatic N) is 1. The van der Waals surface area contributed by atoms with E-state index in [1.807, 2.05) is 12.2 Å². The summed E-state index contributed by atoms with van der Waals surface area (Å²) in [4.78, 5) is 48.3. The van der Waals surface area contributed by atoms with E-state index in [2.05, 4.69) is 5.32 Å². The summed E-state index contributed by atoms with van der Waals surface area (Å²) in [6.07, 6.45) is 4.80. The molecule has 0 aromatic rings. The van der Waals surface area contributed by atoms with E-state index in [0.29, 0.717) is 0 Å². The van der Waals surface area contributed by atoms with E-state index < -0.39 is 24.5 Å². The van der Waals surface area contributed by atoms with Gasteiger partial charge in [0.15, 0.2) is 0 Å². The zero-order chi connectivity index (χ0) is 15.3. The van der Waals surface area contributed by atoms with E-state index >= 15 is 0 Å². The Balaban J connectivity index is 1.75. The first-order chi connectivity index (χ1) is 9.91. The number of amides is 3. The highest BCUT2D eigenvalue weighted by atomic mass is 16.4. The van der Waals surface area contributed by atoms with Crippen LogP contribution in [0.3, 0.4) is 0 Å². The first-order valence-corrected chi connectivity index (χ1v) is 6.96. The van der Waals surface area contributed by atoms with Gasteiger partial charge in [0.05, 0.1) is 11.8 Å². The lowest BCUT2D eigenvalue weighted by Gasteiger charge is -2.23. The number of carboxylic acid groups (broad SMARTS) is 1. The number of likely N-dealkylation sites (tertiary alicyclic amines) is 1. The molecule has 1 aliphatic heterocycles. The van der Waals surface area contributed by atoms with Gasteiger partial charge in [0.1, 0.15) is 12.6 Å². The number of imide groups is 1. The fraction of sp³-hybridized carbons (Fsp3) is 0.571. The number of rotatable bonds is 4. The highest BCUT2D eigenvalue weighted by Crippen LogP contribution is 2.52. The van der Waals surface area contributed by atoms with Crippen molar-refractivity contribution in [2.24, 2.45) is 23.7 Å². The lowest BCUT2D eigenvalue weighted by atomic mass is 9.85. The van der Waals surface area contributed by atoms with Crippen molar-refractivity contribution in [2.45, 2.75) is 19.4 Å². The van der Waals surface area contributed by atoms with Crippen LogP contribution in [0, 0.1) is 23.7 Å². The molecular formula is C14H16N2O5. The Kier molecular flexibility index (Phi) is 3.07. The molecule has 2 N–H and O–H groups in total. The molecule has 1 heterocycles. The molecule has 5 unspecified atom stereocenters. The third kappa shape index (κ3) is 1.95. The van der Waals surface area contributed by atoms with Crippen LogP contribution in [-0.2, 0) is 19.2 Å². The van der Waals surface area contributed by atoms with Crippen LogP contribution in [-0.4, -0.2) is 46.3 Å². The predicted octanol–water partition coefficient (Wildman–Crippen LogP) is -0.617. The molecule has 2 aliphatic carbocycles. The second-order valence-corrected chi connectivity index (χ2v) is 5.83. The maximum Gasteiger partial charge on any atom is 0.322 e. The number of hydrogen-bond donors (Lipinski definition) is 2. The van der Waals surface area contributed by atoms with Crippen LogP contribution in [0.1, 0.15) is 13.3 Å². The van der Waals surface area contributed by atoms with E-state index in [4.69, 9.17) is 5.11 Å². The molecule has 0 aromatic heterocycles. The first kappa shape index (κ1) is 13.8.